The number of benzene rings is 1. The normalized spacial score (nSPS) is 11.0. The second-order valence-electron chi connectivity index (χ2n) is 5.80. The molecule has 0 radical (unpaired) electrons. The number of aromatic nitrogens is 2. The second kappa shape index (κ2) is 7.61. The smallest absolute Gasteiger partial charge is 0.268 e. The van der Waals surface area contributed by atoms with E-state index in [0.29, 0.717) is 0 Å². The molecule has 0 unspecified atom stereocenters. The van der Waals surface area contributed by atoms with Crippen molar-refractivity contribution in [2.75, 3.05) is 7.05 Å². The fraction of sp³-hybridized carbons (Fsp3) is 0.105. The van der Waals surface area contributed by atoms with E-state index in [1.165, 1.54) is 48.8 Å². The second-order valence-corrected chi connectivity index (χ2v) is 7.61. The molecule has 0 bridgehead atoms. The Morgan fingerprint density at radius 2 is 2.00 bits per heavy atom. The molecule has 0 atom stereocenters. The van der Waals surface area contributed by atoms with Crippen molar-refractivity contribution in [1.82, 2.24) is 14.3 Å². The van der Waals surface area contributed by atoms with Gasteiger partial charge in [0, 0.05) is 30.1 Å². The standard InChI is InChI=1S/C19H14FN5O2S/c1-23-11-14-12-25(28(26,27)15-5-2-4-13(8-15)9-21)19(18(14)20)16-6-3-7-24-17(16)10-22/h2-8,12,23H,11H2,1H3. The summed E-state index contributed by atoms with van der Waals surface area (Å²) < 4.78 is 42.4. The highest BCUT2D eigenvalue weighted by atomic mass is 32.2. The maximum atomic E-state index is 15.2. The molecular formula is C19H14FN5O2S. The topological polar surface area (TPSA) is 112 Å². The zero-order valence-electron chi connectivity index (χ0n) is 14.7. The molecule has 1 N–H and O–H groups in total. The lowest BCUT2D eigenvalue weighted by Gasteiger charge is -2.11. The lowest BCUT2D eigenvalue weighted by atomic mass is 10.1. The highest BCUT2D eigenvalue weighted by Crippen LogP contribution is 2.32. The van der Waals surface area contributed by atoms with Crippen molar-refractivity contribution >= 4 is 10.0 Å². The minimum absolute atomic E-state index is 0.0601. The van der Waals surface area contributed by atoms with Gasteiger partial charge in [0.15, 0.2) is 5.82 Å². The van der Waals surface area contributed by atoms with Gasteiger partial charge in [-0.05, 0) is 37.4 Å². The van der Waals surface area contributed by atoms with Crippen LogP contribution in [0.15, 0.2) is 53.7 Å². The summed E-state index contributed by atoms with van der Waals surface area (Å²) in [5, 5.41) is 21.2. The van der Waals surface area contributed by atoms with Crippen LogP contribution < -0.4 is 5.32 Å². The average Bonchev–Trinajstić information content (AvgIpc) is 3.05. The van der Waals surface area contributed by atoms with E-state index in [1.54, 1.807) is 7.05 Å². The molecule has 1 aromatic carbocycles. The minimum Gasteiger partial charge on any atom is -0.316 e. The van der Waals surface area contributed by atoms with E-state index in [9.17, 15) is 13.7 Å². The molecule has 140 valence electrons. The molecule has 9 heteroatoms. The van der Waals surface area contributed by atoms with Crippen molar-refractivity contribution in [3.63, 3.8) is 0 Å². The molecular weight excluding hydrogens is 381 g/mol. The van der Waals surface area contributed by atoms with Crippen molar-refractivity contribution in [3.05, 3.63) is 71.4 Å². The SMILES string of the molecule is CNCc1cn(S(=O)(=O)c2cccc(C#N)c2)c(-c2cccnc2C#N)c1F. The number of nitrogens with zero attached hydrogens (tertiary/aromatic N) is 4. The molecule has 0 saturated heterocycles. The molecule has 0 aliphatic carbocycles. The molecule has 3 rings (SSSR count). The summed E-state index contributed by atoms with van der Waals surface area (Å²) in [6.45, 7) is 0.0851. The van der Waals surface area contributed by atoms with Crippen LogP contribution in [0.1, 0.15) is 16.8 Å². The Hall–Kier alpha value is -3.53. The van der Waals surface area contributed by atoms with E-state index in [-0.39, 0.29) is 39.5 Å². The third-order valence-electron chi connectivity index (χ3n) is 4.04. The summed E-state index contributed by atoms with van der Waals surface area (Å²) in [6.07, 6.45) is 2.54. The zero-order chi connectivity index (χ0) is 20.3. The van der Waals surface area contributed by atoms with Crippen molar-refractivity contribution in [2.24, 2.45) is 0 Å². The summed E-state index contributed by atoms with van der Waals surface area (Å²) in [7, 11) is -2.63. The van der Waals surface area contributed by atoms with Gasteiger partial charge in [-0.3, -0.25) is 0 Å². The number of pyridine rings is 1. The number of nitrogens with one attached hydrogen (secondary N) is 1. The number of nitriles is 2. The van der Waals surface area contributed by atoms with Gasteiger partial charge in [-0.1, -0.05) is 6.07 Å². The Kier molecular flexibility index (Phi) is 5.23. The van der Waals surface area contributed by atoms with Crippen LogP contribution in [0, 0.1) is 28.5 Å². The fourth-order valence-corrected chi connectivity index (χ4v) is 4.22. The quantitative estimate of drug-likeness (QED) is 0.710. The van der Waals surface area contributed by atoms with Crippen molar-refractivity contribution in [2.45, 2.75) is 11.4 Å². The van der Waals surface area contributed by atoms with Crippen LogP contribution in [-0.4, -0.2) is 24.4 Å². The molecule has 2 heterocycles. The van der Waals surface area contributed by atoms with Crippen LogP contribution in [0.25, 0.3) is 11.3 Å². The first kappa shape index (κ1) is 19.2. The third kappa shape index (κ3) is 3.25. The third-order valence-corrected chi connectivity index (χ3v) is 5.69. The van der Waals surface area contributed by atoms with Gasteiger partial charge in [0.05, 0.1) is 16.5 Å². The Morgan fingerprint density at radius 1 is 1.21 bits per heavy atom. The van der Waals surface area contributed by atoms with Gasteiger partial charge in [-0.25, -0.2) is 21.8 Å². The summed E-state index contributed by atoms with van der Waals surface area (Å²) in [5.74, 6) is -0.765. The maximum absolute atomic E-state index is 15.2. The predicted octanol–water partition coefficient (Wildman–Crippen LogP) is 2.39. The van der Waals surface area contributed by atoms with Gasteiger partial charge >= 0.3 is 0 Å². The molecule has 0 fully saturated rings. The van der Waals surface area contributed by atoms with Crippen LogP contribution in [0.3, 0.4) is 0 Å². The van der Waals surface area contributed by atoms with E-state index < -0.39 is 15.8 Å². The van der Waals surface area contributed by atoms with Gasteiger partial charge in [0.25, 0.3) is 10.0 Å². The highest BCUT2D eigenvalue weighted by molar-refractivity contribution is 7.90. The molecule has 0 aliphatic rings. The number of hydrogen-bond acceptors (Lipinski definition) is 6. The molecule has 0 aliphatic heterocycles. The average molecular weight is 395 g/mol. The molecule has 28 heavy (non-hydrogen) atoms. The minimum atomic E-state index is -4.23. The largest absolute Gasteiger partial charge is 0.316 e. The Labute approximate surface area is 161 Å². The highest BCUT2D eigenvalue weighted by Gasteiger charge is 2.28. The lowest BCUT2D eigenvalue weighted by molar-refractivity contribution is 0.585. The van der Waals surface area contributed by atoms with E-state index in [0.717, 1.165) is 3.97 Å². The zero-order valence-corrected chi connectivity index (χ0v) is 15.5. The number of rotatable bonds is 5. The van der Waals surface area contributed by atoms with E-state index in [2.05, 4.69) is 10.3 Å². The molecule has 0 saturated carbocycles. The van der Waals surface area contributed by atoms with Crippen LogP contribution in [-0.2, 0) is 16.6 Å². The summed E-state index contributed by atoms with van der Waals surface area (Å²) in [4.78, 5) is 3.73. The molecule has 7 nitrogen and oxygen atoms in total. The van der Waals surface area contributed by atoms with Gasteiger partial charge in [-0.2, -0.15) is 10.5 Å². The number of halogens is 1. The monoisotopic (exact) mass is 395 g/mol. The first-order chi connectivity index (χ1) is 13.4. The number of hydrogen-bond donors (Lipinski definition) is 1. The van der Waals surface area contributed by atoms with Gasteiger partial charge in [-0.15, -0.1) is 0 Å². The van der Waals surface area contributed by atoms with Crippen LogP contribution in [0.2, 0.25) is 0 Å². The first-order valence-corrected chi connectivity index (χ1v) is 9.53. The van der Waals surface area contributed by atoms with Crippen molar-refractivity contribution < 1.29 is 12.8 Å². The van der Waals surface area contributed by atoms with Gasteiger partial charge in [0.2, 0.25) is 0 Å². The van der Waals surface area contributed by atoms with Gasteiger partial charge < -0.3 is 5.32 Å². The maximum Gasteiger partial charge on any atom is 0.268 e. The molecule has 3 aromatic rings. The Bertz CT molecular complexity index is 1240. The summed E-state index contributed by atoms with van der Waals surface area (Å²) >= 11 is 0. The summed E-state index contributed by atoms with van der Waals surface area (Å²) in [5.41, 5.74) is -0.0464. The van der Waals surface area contributed by atoms with E-state index >= 15 is 4.39 Å². The van der Waals surface area contributed by atoms with E-state index in [4.69, 9.17) is 5.26 Å². The van der Waals surface area contributed by atoms with Gasteiger partial charge in [0.1, 0.15) is 17.5 Å². The summed E-state index contributed by atoms with van der Waals surface area (Å²) in [6, 6.07) is 12.1. The van der Waals surface area contributed by atoms with Crippen LogP contribution >= 0.6 is 0 Å². The van der Waals surface area contributed by atoms with Crippen LogP contribution in [0.4, 0.5) is 4.39 Å². The first-order valence-electron chi connectivity index (χ1n) is 8.09. The lowest BCUT2D eigenvalue weighted by Crippen LogP contribution is -2.14. The molecule has 0 spiro atoms. The van der Waals surface area contributed by atoms with Crippen LogP contribution in [0.5, 0.6) is 0 Å². The Balaban J connectivity index is 2.33. The van der Waals surface area contributed by atoms with E-state index in [1.807, 2.05) is 12.1 Å². The molecule has 0 amide bonds. The predicted molar refractivity (Wildman–Crippen MR) is 98.8 cm³/mol. The fourth-order valence-electron chi connectivity index (χ4n) is 2.78. The van der Waals surface area contributed by atoms with Crippen molar-refractivity contribution in [3.8, 4) is 23.4 Å². The molecule has 2 aromatic heterocycles. The van der Waals surface area contributed by atoms with Crippen molar-refractivity contribution in [1.29, 1.82) is 10.5 Å². The Morgan fingerprint density at radius 3 is 2.68 bits per heavy atom.